The topological polar surface area (TPSA) is 0 Å². The van der Waals surface area contributed by atoms with Gasteiger partial charge in [0.1, 0.15) is 0 Å². The summed E-state index contributed by atoms with van der Waals surface area (Å²) >= 11 is 1.36. The minimum atomic E-state index is 0. The first kappa shape index (κ1) is 35.7. The number of hydrogen-bond acceptors (Lipinski definition) is 0. The van der Waals surface area contributed by atoms with Crippen LogP contribution >= 0.6 is 48.0 Å². The fraction of sp³-hybridized carbons (Fsp3) is 0.222. The second-order valence-electron chi connectivity index (χ2n) is 7.01. The van der Waals surface area contributed by atoms with E-state index in [1.807, 2.05) is 0 Å². The normalized spacial score (nSPS) is 13.5. The summed E-state index contributed by atoms with van der Waals surface area (Å²) in [5.41, 5.74) is 8.19. The van der Waals surface area contributed by atoms with E-state index in [2.05, 4.69) is 108 Å². The van der Waals surface area contributed by atoms with E-state index in [4.69, 9.17) is 0 Å². The number of fused-ring (bicyclic) bond motifs is 1. The van der Waals surface area contributed by atoms with Crippen molar-refractivity contribution in [3.8, 4) is 11.1 Å². The van der Waals surface area contributed by atoms with E-state index in [1.54, 1.807) is 0 Å². The van der Waals surface area contributed by atoms with Crippen LogP contribution in [-0.2, 0) is 23.3 Å². The van der Waals surface area contributed by atoms with Gasteiger partial charge in [0.15, 0.2) is 0 Å². The molecule has 1 unspecified atom stereocenters. The average molecular weight is 732 g/mol. The molecular weight excluding hydrogens is 697 g/mol. The summed E-state index contributed by atoms with van der Waals surface area (Å²) in [4.78, 5) is 0. The van der Waals surface area contributed by atoms with E-state index in [0.29, 0.717) is 5.92 Å². The molecule has 0 bridgehead atoms. The third kappa shape index (κ3) is 9.46. The Hall–Kier alpha value is 0.0900. The van der Waals surface area contributed by atoms with Crippen molar-refractivity contribution in [1.29, 1.82) is 0 Å². The SMILES string of the molecule is CC1=[C-]C(C)C(C)=C1C.Cc1cc2c(-c3ccccc3)cccc2[cH-]1.I.I.[CH3-].[CH3-].[Si]=[Zr]. The predicted molar refractivity (Wildman–Crippen MR) is 159 cm³/mol. The molecule has 1 atom stereocenters. The Kier molecular flexibility index (Phi) is 20.2. The van der Waals surface area contributed by atoms with Crippen LogP contribution in [-0.4, -0.2) is 6.88 Å². The Labute approximate surface area is 242 Å². The van der Waals surface area contributed by atoms with Gasteiger partial charge in [0.05, 0.1) is 0 Å². The van der Waals surface area contributed by atoms with Gasteiger partial charge in [-0.3, -0.25) is 6.08 Å². The average Bonchev–Trinajstić information content (AvgIpc) is 3.18. The van der Waals surface area contributed by atoms with Crippen LogP contribution in [0.25, 0.3) is 21.9 Å². The fourth-order valence-corrected chi connectivity index (χ4v) is 3.42. The van der Waals surface area contributed by atoms with Crippen LogP contribution in [0.5, 0.6) is 0 Å². The molecule has 0 aromatic heterocycles. The van der Waals surface area contributed by atoms with Crippen molar-refractivity contribution >= 4 is 65.6 Å². The third-order valence-electron chi connectivity index (χ3n) is 5.22. The molecule has 0 aliphatic heterocycles. The van der Waals surface area contributed by atoms with Crippen LogP contribution < -0.4 is 0 Å². The van der Waals surface area contributed by atoms with Crippen LogP contribution in [0.4, 0.5) is 0 Å². The standard InChI is InChI=1S/C16H13.C9H13.2CH3.2HI.Si.Zr/c1-12-10-14-8-5-9-15(16(14)11-12)13-6-3-2-4-7-13;1-6-5-7(2)9(4)8(6)3;;;;;;/h2-11H,1H3;6H,1-4H3;2*1H3;2*1H;;/q4*-1;;;;. The van der Waals surface area contributed by atoms with Crippen LogP contribution in [0.15, 0.2) is 77.4 Å². The zero-order valence-electron chi connectivity index (χ0n) is 19.7. The molecule has 168 valence electrons. The summed E-state index contributed by atoms with van der Waals surface area (Å²) in [7, 11) is 0. The summed E-state index contributed by atoms with van der Waals surface area (Å²) in [6, 6.07) is 21.6. The molecule has 0 N–H and O–H groups in total. The van der Waals surface area contributed by atoms with Gasteiger partial charge >= 0.3 is 30.2 Å². The first-order valence-electron chi connectivity index (χ1n) is 9.21. The molecule has 0 fully saturated rings. The van der Waals surface area contributed by atoms with Gasteiger partial charge < -0.3 is 14.9 Å². The van der Waals surface area contributed by atoms with Gasteiger partial charge in [-0.15, -0.1) is 89.4 Å². The summed E-state index contributed by atoms with van der Waals surface area (Å²) in [6.45, 7) is 13.9. The first-order chi connectivity index (χ1) is 13.0. The molecule has 1 aliphatic rings. The van der Waals surface area contributed by atoms with Crippen LogP contribution in [0.3, 0.4) is 0 Å². The zero-order chi connectivity index (χ0) is 20.0. The molecule has 0 saturated heterocycles. The van der Waals surface area contributed by atoms with Crippen molar-refractivity contribution in [3.05, 3.63) is 104 Å². The molecule has 0 spiro atoms. The van der Waals surface area contributed by atoms with E-state index < -0.39 is 0 Å². The molecule has 4 heteroatoms. The molecule has 0 amide bonds. The second-order valence-corrected chi connectivity index (χ2v) is 7.01. The van der Waals surface area contributed by atoms with Crippen molar-refractivity contribution in [1.82, 2.24) is 0 Å². The predicted octanol–water partition coefficient (Wildman–Crippen LogP) is 9.01. The fourth-order valence-electron chi connectivity index (χ4n) is 3.42. The van der Waals surface area contributed by atoms with Crippen molar-refractivity contribution < 1.29 is 23.3 Å². The molecule has 2 radical (unpaired) electrons. The van der Waals surface area contributed by atoms with E-state index in [0.717, 1.165) is 0 Å². The molecule has 4 rings (SSSR count). The monoisotopic (exact) mass is 730 g/mol. The Morgan fingerprint density at radius 3 is 1.90 bits per heavy atom. The third-order valence-corrected chi connectivity index (χ3v) is 5.22. The van der Waals surface area contributed by atoms with Crippen molar-refractivity contribution in [3.63, 3.8) is 0 Å². The zero-order valence-corrected chi connectivity index (χ0v) is 27.8. The number of rotatable bonds is 1. The number of aryl methyl sites for hydroxylation is 1. The van der Waals surface area contributed by atoms with Crippen LogP contribution in [0, 0.1) is 33.8 Å². The van der Waals surface area contributed by atoms with Crippen LogP contribution in [0.1, 0.15) is 33.3 Å². The van der Waals surface area contributed by atoms with Gasteiger partial charge in [0.25, 0.3) is 0 Å². The van der Waals surface area contributed by atoms with Crippen molar-refractivity contribution in [2.45, 2.75) is 34.6 Å². The Bertz CT molecular complexity index is 971. The van der Waals surface area contributed by atoms with Crippen molar-refractivity contribution in [2.24, 2.45) is 5.92 Å². The van der Waals surface area contributed by atoms with E-state index in [1.165, 1.54) is 67.5 Å². The molecule has 0 saturated carbocycles. The van der Waals surface area contributed by atoms with E-state index in [-0.39, 0.29) is 62.8 Å². The Morgan fingerprint density at radius 2 is 1.45 bits per heavy atom. The number of benzene rings is 2. The molecule has 0 heterocycles. The maximum atomic E-state index is 3.36. The number of halogens is 2. The van der Waals surface area contributed by atoms with E-state index in [9.17, 15) is 0 Å². The van der Waals surface area contributed by atoms with E-state index >= 15 is 0 Å². The molecule has 3 aromatic rings. The second kappa shape index (κ2) is 17.6. The van der Waals surface area contributed by atoms with Crippen LogP contribution in [0.2, 0.25) is 0 Å². The van der Waals surface area contributed by atoms with Gasteiger partial charge in [-0.2, -0.15) is 17.2 Å². The quantitative estimate of drug-likeness (QED) is 0.133. The molecular formula is C27H34I2SiZr-4. The maximum absolute atomic E-state index is 3.36. The molecule has 3 aromatic carbocycles. The van der Waals surface area contributed by atoms with Gasteiger partial charge in [-0.25, -0.2) is 5.57 Å². The summed E-state index contributed by atoms with van der Waals surface area (Å²) in [6.07, 6.45) is 3.36. The Balaban J connectivity index is -0.000000460. The summed E-state index contributed by atoms with van der Waals surface area (Å²) < 4.78 is 0. The number of hydrogen-bond donors (Lipinski definition) is 0. The molecule has 31 heavy (non-hydrogen) atoms. The Morgan fingerprint density at radius 1 is 0.871 bits per heavy atom. The van der Waals surface area contributed by atoms with Gasteiger partial charge in [0, 0.05) is 0 Å². The van der Waals surface area contributed by atoms with Crippen molar-refractivity contribution in [2.75, 3.05) is 0 Å². The summed E-state index contributed by atoms with van der Waals surface area (Å²) in [5, 5.41) is 2.69. The number of allylic oxidation sites excluding steroid dienone is 4. The summed E-state index contributed by atoms with van der Waals surface area (Å²) in [5.74, 6) is 0.560. The van der Waals surface area contributed by atoms with Gasteiger partial charge in [-0.05, 0) is 5.56 Å². The minimum absolute atomic E-state index is 0. The molecule has 1 aliphatic carbocycles. The van der Waals surface area contributed by atoms with Gasteiger partial charge in [-0.1, -0.05) is 75.6 Å². The molecule has 0 nitrogen and oxygen atoms in total. The van der Waals surface area contributed by atoms with Gasteiger partial charge in [0.2, 0.25) is 0 Å². The first-order valence-corrected chi connectivity index (χ1v) is 13.4.